The maximum atomic E-state index is 13.0. The summed E-state index contributed by atoms with van der Waals surface area (Å²) >= 11 is 0. The molecule has 2 fully saturated rings. The Morgan fingerprint density at radius 2 is 2.03 bits per heavy atom. The first-order chi connectivity index (χ1) is 14.6. The lowest BCUT2D eigenvalue weighted by atomic mass is 9.80. The van der Waals surface area contributed by atoms with Crippen LogP contribution in [0.4, 0.5) is 13.2 Å². The molecule has 168 valence electrons. The molecule has 1 unspecified atom stereocenters. The highest BCUT2D eigenvalue weighted by molar-refractivity contribution is 5.93. The van der Waals surface area contributed by atoms with E-state index in [4.69, 9.17) is 13.9 Å². The molecular weight excluding hydrogens is 417 g/mol. The molecule has 2 atom stereocenters. The molecule has 0 spiro atoms. The molecule has 8 nitrogen and oxygen atoms in total. The van der Waals surface area contributed by atoms with Gasteiger partial charge in [0.2, 0.25) is 11.8 Å². The summed E-state index contributed by atoms with van der Waals surface area (Å²) in [7, 11) is 0. The van der Waals surface area contributed by atoms with Gasteiger partial charge in [-0.2, -0.15) is 13.2 Å². The predicted octanol–water partition coefficient (Wildman–Crippen LogP) is 3.49. The van der Waals surface area contributed by atoms with E-state index in [-0.39, 0.29) is 23.3 Å². The molecule has 1 saturated carbocycles. The van der Waals surface area contributed by atoms with Crippen molar-refractivity contribution >= 4 is 5.91 Å². The zero-order valence-corrected chi connectivity index (χ0v) is 17.3. The van der Waals surface area contributed by atoms with E-state index < -0.39 is 29.6 Å². The quantitative estimate of drug-likeness (QED) is 0.704. The fourth-order valence-corrected chi connectivity index (χ4v) is 3.39. The third-order valence-electron chi connectivity index (χ3n) is 5.53. The number of hydrogen-bond acceptors (Lipinski definition) is 7. The number of carbonyl (C=O) groups is 1. The number of amides is 1. The van der Waals surface area contributed by atoms with E-state index in [0.717, 1.165) is 19.8 Å². The van der Waals surface area contributed by atoms with E-state index in [1.54, 1.807) is 6.92 Å². The first-order valence-electron chi connectivity index (χ1n) is 9.99. The van der Waals surface area contributed by atoms with Crippen LogP contribution in [0.1, 0.15) is 66.5 Å². The standard InChI is InChI=1S/C20H23F3N4O4/c1-10(20(21,22)23)30-15-6-14(24-7-13(15)12-4-5-12)17(28)25-16(19(3)8-29-9-19)18-27-26-11(2)31-18/h6-7,10,12,16H,4-5,8-9H2,1-3H3,(H,25,28)/t10-,16?/m0/s1. The van der Waals surface area contributed by atoms with E-state index >= 15 is 0 Å². The lowest BCUT2D eigenvalue weighted by Gasteiger charge is -2.42. The normalized spacial score (nSPS) is 19.9. The zero-order valence-electron chi connectivity index (χ0n) is 17.3. The van der Waals surface area contributed by atoms with Crippen molar-refractivity contribution in [2.24, 2.45) is 5.41 Å². The van der Waals surface area contributed by atoms with Crippen molar-refractivity contribution in [3.05, 3.63) is 35.3 Å². The molecule has 1 aliphatic heterocycles. The van der Waals surface area contributed by atoms with Gasteiger partial charge in [0.1, 0.15) is 17.5 Å². The van der Waals surface area contributed by atoms with E-state index in [9.17, 15) is 18.0 Å². The van der Waals surface area contributed by atoms with Gasteiger partial charge in [-0.05, 0) is 25.7 Å². The molecule has 3 heterocycles. The summed E-state index contributed by atoms with van der Waals surface area (Å²) in [6.07, 6.45) is -3.41. The minimum Gasteiger partial charge on any atom is -0.481 e. The Morgan fingerprint density at radius 3 is 2.55 bits per heavy atom. The van der Waals surface area contributed by atoms with Gasteiger partial charge < -0.3 is 19.2 Å². The maximum absolute atomic E-state index is 13.0. The van der Waals surface area contributed by atoms with Crippen LogP contribution >= 0.6 is 0 Å². The Kier molecular flexibility index (Phi) is 5.40. The predicted molar refractivity (Wildman–Crippen MR) is 101 cm³/mol. The Morgan fingerprint density at radius 1 is 1.32 bits per heavy atom. The number of aromatic nitrogens is 3. The molecule has 2 aromatic heterocycles. The van der Waals surface area contributed by atoms with Gasteiger partial charge in [0, 0.05) is 30.2 Å². The molecule has 1 saturated heterocycles. The summed E-state index contributed by atoms with van der Waals surface area (Å²) in [5.74, 6) is 0.118. The highest BCUT2D eigenvalue weighted by Crippen LogP contribution is 2.45. The van der Waals surface area contributed by atoms with Crippen LogP contribution in [-0.2, 0) is 4.74 Å². The van der Waals surface area contributed by atoms with Crippen LogP contribution in [0, 0.1) is 12.3 Å². The van der Waals surface area contributed by atoms with E-state index in [2.05, 4.69) is 20.5 Å². The zero-order chi connectivity index (χ0) is 22.4. The average Bonchev–Trinajstić information content (AvgIpc) is 3.44. The summed E-state index contributed by atoms with van der Waals surface area (Å²) in [6, 6.07) is 0.624. The lowest BCUT2D eigenvalue weighted by molar-refractivity contribution is -0.189. The molecule has 0 bridgehead atoms. The van der Waals surface area contributed by atoms with Gasteiger partial charge in [-0.25, -0.2) is 0 Å². The van der Waals surface area contributed by atoms with Crippen molar-refractivity contribution in [3.8, 4) is 5.75 Å². The van der Waals surface area contributed by atoms with Crippen LogP contribution in [0.25, 0.3) is 0 Å². The number of carbonyl (C=O) groups excluding carboxylic acids is 1. The van der Waals surface area contributed by atoms with Gasteiger partial charge in [-0.1, -0.05) is 6.92 Å². The fourth-order valence-electron chi connectivity index (χ4n) is 3.39. The summed E-state index contributed by atoms with van der Waals surface area (Å²) in [5, 5.41) is 10.7. The molecule has 1 aliphatic carbocycles. The van der Waals surface area contributed by atoms with E-state index in [1.165, 1.54) is 12.3 Å². The van der Waals surface area contributed by atoms with Crippen molar-refractivity contribution in [1.82, 2.24) is 20.5 Å². The lowest BCUT2D eigenvalue weighted by Crippen LogP contribution is -2.51. The van der Waals surface area contributed by atoms with Gasteiger partial charge in [0.05, 0.1) is 13.2 Å². The third-order valence-corrected chi connectivity index (χ3v) is 5.53. The van der Waals surface area contributed by atoms with Gasteiger partial charge in [0.25, 0.3) is 5.91 Å². The molecule has 0 aromatic carbocycles. The molecule has 4 rings (SSSR count). The highest BCUT2D eigenvalue weighted by Gasteiger charge is 2.46. The minimum absolute atomic E-state index is 0.0239. The van der Waals surface area contributed by atoms with Crippen molar-refractivity contribution in [2.45, 2.75) is 57.9 Å². The summed E-state index contributed by atoms with van der Waals surface area (Å²) in [6.45, 7) is 5.24. The Labute approximate surface area is 176 Å². The summed E-state index contributed by atoms with van der Waals surface area (Å²) in [5.41, 5.74) is 0.0575. The number of hydrogen-bond donors (Lipinski definition) is 1. The Hall–Kier alpha value is -2.69. The minimum atomic E-state index is -4.52. The average molecular weight is 440 g/mol. The van der Waals surface area contributed by atoms with Crippen LogP contribution in [0.3, 0.4) is 0 Å². The monoisotopic (exact) mass is 440 g/mol. The third kappa shape index (κ3) is 4.51. The second kappa shape index (κ2) is 7.77. The van der Waals surface area contributed by atoms with Gasteiger partial charge in [-0.15, -0.1) is 10.2 Å². The van der Waals surface area contributed by atoms with Crippen LogP contribution < -0.4 is 10.1 Å². The molecule has 2 aliphatic rings. The number of ether oxygens (including phenoxy) is 2. The first kappa shape index (κ1) is 21.5. The molecule has 31 heavy (non-hydrogen) atoms. The SMILES string of the molecule is Cc1nnc(C(NC(=O)c2cc(O[C@@H](C)C(F)(F)F)c(C3CC3)cn2)C2(C)COC2)o1. The smallest absolute Gasteiger partial charge is 0.425 e. The first-order valence-corrected chi connectivity index (χ1v) is 9.99. The molecule has 1 N–H and O–H groups in total. The number of nitrogens with one attached hydrogen (secondary N) is 1. The number of nitrogens with zero attached hydrogens (tertiary/aromatic N) is 3. The van der Waals surface area contributed by atoms with E-state index in [1.807, 2.05) is 6.92 Å². The van der Waals surface area contributed by atoms with Crippen LogP contribution in [0.2, 0.25) is 0 Å². The number of pyridine rings is 1. The van der Waals surface area contributed by atoms with E-state index in [0.29, 0.717) is 24.7 Å². The molecule has 2 aromatic rings. The van der Waals surface area contributed by atoms with Crippen molar-refractivity contribution in [3.63, 3.8) is 0 Å². The van der Waals surface area contributed by atoms with Crippen LogP contribution in [-0.4, -0.2) is 46.6 Å². The summed E-state index contributed by atoms with van der Waals surface area (Å²) in [4.78, 5) is 17.1. The number of rotatable bonds is 7. The Balaban J connectivity index is 1.59. The Bertz CT molecular complexity index is 970. The topological polar surface area (TPSA) is 99.4 Å². The van der Waals surface area contributed by atoms with Gasteiger partial charge >= 0.3 is 6.18 Å². The van der Waals surface area contributed by atoms with Crippen LogP contribution in [0.15, 0.2) is 16.7 Å². The molecular formula is C20H23F3N4O4. The molecule has 11 heteroatoms. The number of aryl methyl sites for hydroxylation is 1. The van der Waals surface area contributed by atoms with Crippen molar-refractivity contribution < 1.29 is 31.9 Å². The number of alkyl halides is 3. The van der Waals surface area contributed by atoms with Crippen molar-refractivity contribution in [2.75, 3.05) is 13.2 Å². The van der Waals surface area contributed by atoms with Gasteiger partial charge in [-0.3, -0.25) is 9.78 Å². The molecule has 1 amide bonds. The van der Waals surface area contributed by atoms with Crippen molar-refractivity contribution in [1.29, 1.82) is 0 Å². The van der Waals surface area contributed by atoms with Crippen LogP contribution in [0.5, 0.6) is 5.75 Å². The second-order valence-corrected chi connectivity index (χ2v) is 8.40. The maximum Gasteiger partial charge on any atom is 0.425 e. The van der Waals surface area contributed by atoms with Gasteiger partial charge in [0.15, 0.2) is 6.10 Å². The summed E-state index contributed by atoms with van der Waals surface area (Å²) < 4.78 is 55.1. The molecule has 0 radical (unpaired) electrons. The number of halogens is 3. The largest absolute Gasteiger partial charge is 0.481 e. The second-order valence-electron chi connectivity index (χ2n) is 8.40. The highest BCUT2D eigenvalue weighted by atomic mass is 19.4. The fraction of sp³-hybridized carbons (Fsp3) is 0.600.